The van der Waals surface area contributed by atoms with Gasteiger partial charge in [0.1, 0.15) is 11.5 Å². The summed E-state index contributed by atoms with van der Waals surface area (Å²) in [4.78, 5) is 19.1. The van der Waals surface area contributed by atoms with Crippen LogP contribution in [-0.2, 0) is 25.9 Å². The lowest BCUT2D eigenvalue weighted by Crippen LogP contribution is -2.43. The van der Waals surface area contributed by atoms with E-state index < -0.39 is 16.0 Å². The summed E-state index contributed by atoms with van der Waals surface area (Å²) in [6, 6.07) is 47.3. The third kappa shape index (κ3) is 11.7. The van der Waals surface area contributed by atoms with E-state index in [1.54, 1.807) is 30.3 Å². The van der Waals surface area contributed by atoms with Gasteiger partial charge in [0.15, 0.2) is 0 Å². The minimum Gasteiger partial charge on any atom is -0.491 e. The van der Waals surface area contributed by atoms with E-state index in [0.29, 0.717) is 46.9 Å². The van der Waals surface area contributed by atoms with Crippen LogP contribution in [0, 0.1) is 12.3 Å². The monoisotopic (exact) mass is 1090 g/mol. The van der Waals surface area contributed by atoms with E-state index in [0.717, 1.165) is 88.7 Å². The fourth-order valence-corrected chi connectivity index (χ4v) is 12.2. The van der Waals surface area contributed by atoms with Crippen LogP contribution >= 0.6 is 34.5 Å². The molecule has 1 fully saturated rings. The highest BCUT2D eigenvalue weighted by Gasteiger charge is 2.33. The molecular formula is C62H57Cl2N3O7S2. The van der Waals surface area contributed by atoms with Crippen molar-refractivity contribution in [3.8, 4) is 33.8 Å². The van der Waals surface area contributed by atoms with Gasteiger partial charge in [-0.1, -0.05) is 170 Å². The van der Waals surface area contributed by atoms with Crippen LogP contribution in [0.15, 0.2) is 162 Å². The summed E-state index contributed by atoms with van der Waals surface area (Å²) in [6.45, 7) is 9.44. The summed E-state index contributed by atoms with van der Waals surface area (Å²) < 4.78 is 55.0. The maximum absolute atomic E-state index is 14.6. The van der Waals surface area contributed by atoms with Crippen molar-refractivity contribution in [3.63, 3.8) is 0 Å². The Balaban J connectivity index is 0.945. The topological polar surface area (TPSA) is 117 Å². The standard InChI is InChI=1S/C62H57Cl2N3O7S2/c1-4-13-42-20-21-46-35-47(27-26-45(46)34-42)48-28-31-50(54(63)36-48)43-22-24-44(25-23-43)60(68)74-58-51-14-7-8-15-52(51)59(73-33-12-6-5-11-32-71-38-62(3)39-72-40-62)57(64)53(58)37-65-67(61-66-55-16-9-10-17-56(55)75-61)76(69,70)49-29-18-41(2)19-30-49/h7-10,14-31,34-37H,4-6,11-13,32-33,38-40H2,1-3H3/b65-37+. The average Bonchev–Trinajstić information content (AvgIpc) is 3.86. The molecule has 9 aromatic rings. The number of benzene rings is 8. The zero-order valence-corrected chi connectivity index (χ0v) is 45.7. The molecule has 0 atom stereocenters. The van der Waals surface area contributed by atoms with Crippen molar-refractivity contribution >= 4 is 93.6 Å². The molecule has 14 heteroatoms. The number of nitrogens with zero attached hydrogens (tertiary/aromatic N) is 3. The lowest BCUT2D eigenvalue weighted by molar-refractivity contribution is -0.137. The predicted octanol–water partition coefficient (Wildman–Crippen LogP) is 15.9. The van der Waals surface area contributed by atoms with Gasteiger partial charge in [0.25, 0.3) is 10.0 Å². The number of fused-ring (bicyclic) bond motifs is 3. The highest BCUT2D eigenvalue weighted by Crippen LogP contribution is 2.44. The molecule has 0 amide bonds. The van der Waals surface area contributed by atoms with Crippen LogP contribution in [0.1, 0.15) is 73.0 Å². The largest absolute Gasteiger partial charge is 0.491 e. The van der Waals surface area contributed by atoms with Gasteiger partial charge in [-0.25, -0.2) is 9.78 Å². The molecule has 1 aliphatic rings. The Labute approximate surface area is 457 Å². The van der Waals surface area contributed by atoms with E-state index in [4.69, 9.17) is 47.1 Å². The Kier molecular flexibility index (Phi) is 16.2. The third-order valence-electron chi connectivity index (χ3n) is 13.5. The van der Waals surface area contributed by atoms with Gasteiger partial charge in [-0.15, -0.1) is 4.41 Å². The van der Waals surface area contributed by atoms with Crippen LogP contribution in [-0.4, -0.2) is 58.6 Å². The molecule has 10 nitrogen and oxygen atoms in total. The number of esters is 1. The highest BCUT2D eigenvalue weighted by molar-refractivity contribution is 7.93. The fourth-order valence-electron chi connectivity index (χ4n) is 9.28. The van der Waals surface area contributed by atoms with Crippen molar-refractivity contribution < 1.29 is 32.2 Å². The zero-order valence-electron chi connectivity index (χ0n) is 42.6. The molecule has 0 bridgehead atoms. The molecule has 1 aliphatic heterocycles. The first kappa shape index (κ1) is 52.8. The van der Waals surface area contributed by atoms with Crippen molar-refractivity contribution in [1.82, 2.24) is 4.98 Å². The van der Waals surface area contributed by atoms with E-state index in [2.05, 4.69) is 61.4 Å². The Hall–Kier alpha value is -6.64. The number of unbranched alkanes of at least 4 members (excludes halogenated alkanes) is 3. The summed E-state index contributed by atoms with van der Waals surface area (Å²) in [5, 5.41) is 8.89. The van der Waals surface area contributed by atoms with E-state index >= 15 is 0 Å². The van der Waals surface area contributed by atoms with Crippen LogP contribution in [0.25, 0.3) is 54.0 Å². The summed E-state index contributed by atoms with van der Waals surface area (Å²) in [7, 11) is -4.35. The first-order chi connectivity index (χ1) is 36.9. The number of para-hydroxylation sites is 1. The van der Waals surface area contributed by atoms with Gasteiger partial charge in [-0.3, -0.25) is 0 Å². The number of rotatable bonds is 21. The first-order valence-corrected chi connectivity index (χ1v) is 28.6. The summed E-state index contributed by atoms with van der Waals surface area (Å²) in [5.41, 5.74) is 7.00. The molecular weight excluding hydrogens is 1030 g/mol. The van der Waals surface area contributed by atoms with Gasteiger partial charge in [-0.2, -0.15) is 13.5 Å². The number of aromatic nitrogens is 1. The van der Waals surface area contributed by atoms with Crippen molar-refractivity contribution in [2.45, 2.75) is 64.2 Å². The van der Waals surface area contributed by atoms with Crippen molar-refractivity contribution in [2.75, 3.05) is 37.4 Å². The molecule has 0 saturated carbocycles. The van der Waals surface area contributed by atoms with Crippen LogP contribution in [0.2, 0.25) is 10.0 Å². The predicted molar refractivity (Wildman–Crippen MR) is 310 cm³/mol. The van der Waals surface area contributed by atoms with Gasteiger partial charge < -0.3 is 18.9 Å². The number of carbonyl (C=O) groups is 1. The SMILES string of the molecule is CCCc1ccc2cc(-c3ccc(-c4ccc(C(=O)Oc5c(/C=N/N(c6nc7ccccc7s6)S(=O)(=O)c6ccc(C)cc6)c(Cl)c(OCCCCCCOCC6(C)COC6)c6ccccc56)cc4)c(Cl)c3)ccc2c1. The minimum absolute atomic E-state index is 0.00921. The van der Waals surface area contributed by atoms with Crippen molar-refractivity contribution in [1.29, 1.82) is 0 Å². The average molecular weight is 1090 g/mol. The molecule has 76 heavy (non-hydrogen) atoms. The fraction of sp³-hybridized carbons (Fsp3) is 0.242. The van der Waals surface area contributed by atoms with Gasteiger partial charge in [0, 0.05) is 33.4 Å². The number of thiazole rings is 1. The molecule has 0 unspecified atom stereocenters. The molecule has 0 spiro atoms. The lowest BCUT2D eigenvalue weighted by atomic mass is 9.90. The second kappa shape index (κ2) is 23.3. The maximum Gasteiger partial charge on any atom is 0.343 e. The number of ether oxygens (including phenoxy) is 4. The van der Waals surface area contributed by atoms with Crippen LogP contribution < -0.4 is 13.9 Å². The number of hydrogen-bond acceptors (Lipinski definition) is 10. The quantitative estimate of drug-likeness (QED) is 0.0230. The third-order valence-corrected chi connectivity index (χ3v) is 16.9. The Morgan fingerprint density at radius 3 is 2.17 bits per heavy atom. The molecule has 8 aromatic carbocycles. The molecule has 2 heterocycles. The first-order valence-electron chi connectivity index (χ1n) is 25.6. The molecule has 388 valence electrons. The number of halogens is 2. The number of carbonyl (C=O) groups excluding carboxylic acids is 1. The second-order valence-corrected chi connectivity index (χ2v) is 23.2. The Bertz CT molecular complexity index is 3680. The summed E-state index contributed by atoms with van der Waals surface area (Å²) in [6.07, 6.45) is 6.98. The maximum atomic E-state index is 14.6. The van der Waals surface area contributed by atoms with Crippen LogP contribution in [0.5, 0.6) is 11.5 Å². The molecule has 0 radical (unpaired) electrons. The lowest BCUT2D eigenvalue weighted by Gasteiger charge is -2.37. The number of hydrogen-bond donors (Lipinski definition) is 0. The van der Waals surface area contributed by atoms with E-state index in [-0.39, 0.29) is 37.3 Å². The number of sulfonamides is 1. The van der Waals surface area contributed by atoms with E-state index in [9.17, 15) is 13.2 Å². The van der Waals surface area contributed by atoms with E-state index in [1.807, 2.05) is 73.7 Å². The molecule has 0 aliphatic carbocycles. The van der Waals surface area contributed by atoms with E-state index in [1.165, 1.54) is 46.0 Å². The molecule has 0 N–H and O–H groups in total. The highest BCUT2D eigenvalue weighted by atomic mass is 35.5. The molecule has 1 aromatic heterocycles. The van der Waals surface area contributed by atoms with Crippen LogP contribution in [0.3, 0.4) is 0 Å². The van der Waals surface area contributed by atoms with Gasteiger partial charge in [0.2, 0.25) is 5.13 Å². The zero-order chi connectivity index (χ0) is 52.8. The minimum atomic E-state index is -4.35. The number of aryl methyl sites for hydroxylation is 2. The Morgan fingerprint density at radius 2 is 1.45 bits per heavy atom. The number of anilines is 1. The normalized spacial score (nSPS) is 13.4. The van der Waals surface area contributed by atoms with Crippen molar-refractivity contribution in [2.24, 2.45) is 10.5 Å². The van der Waals surface area contributed by atoms with Gasteiger partial charge in [-0.05, 0) is 114 Å². The molecule has 10 rings (SSSR count). The molecule has 1 saturated heterocycles. The summed E-state index contributed by atoms with van der Waals surface area (Å²) >= 11 is 15.5. The summed E-state index contributed by atoms with van der Waals surface area (Å²) in [5.74, 6) is -0.261. The van der Waals surface area contributed by atoms with Crippen LogP contribution in [0.4, 0.5) is 5.13 Å². The smallest absolute Gasteiger partial charge is 0.343 e. The van der Waals surface area contributed by atoms with Crippen molar-refractivity contribution in [3.05, 3.63) is 184 Å². The van der Waals surface area contributed by atoms with Gasteiger partial charge >= 0.3 is 5.97 Å². The van der Waals surface area contributed by atoms with Gasteiger partial charge in [0.05, 0.1) is 63.9 Å². The Morgan fingerprint density at radius 1 is 0.776 bits per heavy atom. The second-order valence-electron chi connectivity index (χ2n) is 19.6. The number of hydrazone groups is 1.